The lowest BCUT2D eigenvalue weighted by Gasteiger charge is -2.37. The van der Waals surface area contributed by atoms with E-state index in [9.17, 15) is 18.0 Å². The Labute approximate surface area is 158 Å². The number of halogens is 3. The van der Waals surface area contributed by atoms with Crippen molar-refractivity contribution in [1.29, 1.82) is 5.26 Å². The summed E-state index contributed by atoms with van der Waals surface area (Å²) in [6.07, 6.45) is 1.99. The van der Waals surface area contributed by atoms with Crippen LogP contribution in [0, 0.1) is 17.2 Å². The van der Waals surface area contributed by atoms with E-state index >= 15 is 0 Å². The maximum atomic E-state index is 13.1. The molecular weight excluding hydrogens is 353 g/mol. The SMILES string of the molecule is CC(c1ccc(C(=O)N(C2CCC(CC#N)CC2)C2CC2)cc1)C(F)(F)F. The first-order valence-corrected chi connectivity index (χ1v) is 9.67. The Hall–Kier alpha value is -2.03. The molecule has 2 aliphatic carbocycles. The van der Waals surface area contributed by atoms with Gasteiger partial charge in [0.25, 0.3) is 5.91 Å². The number of hydrogen-bond acceptors (Lipinski definition) is 2. The molecule has 2 aliphatic rings. The summed E-state index contributed by atoms with van der Waals surface area (Å²) < 4.78 is 38.6. The summed E-state index contributed by atoms with van der Waals surface area (Å²) in [5.41, 5.74) is 0.633. The van der Waals surface area contributed by atoms with Gasteiger partial charge in [0.15, 0.2) is 0 Å². The topological polar surface area (TPSA) is 44.1 Å². The van der Waals surface area contributed by atoms with Gasteiger partial charge in [0.1, 0.15) is 0 Å². The Morgan fingerprint density at radius 1 is 1.11 bits per heavy atom. The van der Waals surface area contributed by atoms with E-state index < -0.39 is 12.1 Å². The Kier molecular flexibility index (Phi) is 5.78. The maximum Gasteiger partial charge on any atom is 0.395 e. The molecule has 0 N–H and O–H groups in total. The lowest BCUT2D eigenvalue weighted by Crippen LogP contribution is -2.43. The minimum absolute atomic E-state index is 0.0764. The monoisotopic (exact) mass is 378 g/mol. The second-order valence-corrected chi connectivity index (χ2v) is 7.87. The van der Waals surface area contributed by atoms with Crippen molar-refractivity contribution in [2.75, 3.05) is 0 Å². The highest BCUT2D eigenvalue weighted by Gasteiger charge is 2.40. The molecule has 3 rings (SSSR count). The normalized spacial score (nSPS) is 24.1. The number of carbonyl (C=O) groups excluding carboxylic acids is 1. The van der Waals surface area contributed by atoms with Crippen molar-refractivity contribution in [2.45, 2.75) is 76.0 Å². The Morgan fingerprint density at radius 3 is 2.07 bits per heavy atom. The molecule has 146 valence electrons. The summed E-state index contributed by atoms with van der Waals surface area (Å²) in [4.78, 5) is 15.0. The van der Waals surface area contributed by atoms with Crippen molar-refractivity contribution in [2.24, 2.45) is 5.92 Å². The minimum Gasteiger partial charge on any atom is -0.333 e. The van der Waals surface area contributed by atoms with Gasteiger partial charge >= 0.3 is 6.18 Å². The Morgan fingerprint density at radius 2 is 1.63 bits per heavy atom. The highest BCUT2D eigenvalue weighted by molar-refractivity contribution is 5.95. The van der Waals surface area contributed by atoms with Crippen LogP contribution in [0.3, 0.4) is 0 Å². The minimum atomic E-state index is -4.28. The van der Waals surface area contributed by atoms with Gasteiger partial charge in [-0.25, -0.2) is 0 Å². The quantitative estimate of drug-likeness (QED) is 0.686. The van der Waals surface area contributed by atoms with E-state index in [4.69, 9.17) is 5.26 Å². The van der Waals surface area contributed by atoms with Gasteiger partial charge in [-0.1, -0.05) is 12.1 Å². The third-order valence-electron chi connectivity index (χ3n) is 5.91. The number of nitriles is 1. The molecule has 0 aromatic heterocycles. The molecule has 1 unspecified atom stereocenters. The van der Waals surface area contributed by atoms with E-state index in [1.165, 1.54) is 24.3 Å². The van der Waals surface area contributed by atoms with Crippen molar-refractivity contribution in [3.8, 4) is 6.07 Å². The Balaban J connectivity index is 1.70. The lowest BCUT2D eigenvalue weighted by atomic mass is 9.83. The van der Waals surface area contributed by atoms with Crippen molar-refractivity contribution in [3.63, 3.8) is 0 Å². The third kappa shape index (κ3) is 4.63. The standard InChI is InChI=1S/C21H25F3N2O/c1-14(21(22,23)24)16-4-6-17(7-5-16)20(27)26(19-10-11-19)18-8-2-15(3-9-18)12-13-25/h4-7,14-15,18-19H,2-3,8-12H2,1H3. The van der Waals surface area contributed by atoms with Crippen LogP contribution < -0.4 is 0 Å². The molecule has 2 fully saturated rings. The zero-order chi connectivity index (χ0) is 19.6. The van der Waals surface area contributed by atoms with E-state index in [0.717, 1.165) is 45.4 Å². The molecule has 3 nitrogen and oxygen atoms in total. The van der Waals surface area contributed by atoms with E-state index in [0.29, 0.717) is 17.9 Å². The first-order valence-electron chi connectivity index (χ1n) is 9.67. The first-order chi connectivity index (χ1) is 12.8. The molecular formula is C21H25F3N2O. The van der Waals surface area contributed by atoms with Gasteiger partial charge in [-0.15, -0.1) is 0 Å². The summed E-state index contributed by atoms with van der Waals surface area (Å²) in [7, 11) is 0. The summed E-state index contributed by atoms with van der Waals surface area (Å²) in [6.45, 7) is 1.13. The van der Waals surface area contributed by atoms with Gasteiger partial charge in [0, 0.05) is 24.1 Å². The van der Waals surface area contributed by atoms with Crippen molar-refractivity contribution in [1.82, 2.24) is 4.90 Å². The zero-order valence-electron chi connectivity index (χ0n) is 15.5. The van der Waals surface area contributed by atoms with Crippen LogP contribution in [0.1, 0.15) is 73.7 Å². The van der Waals surface area contributed by atoms with E-state index in [-0.39, 0.29) is 23.6 Å². The average Bonchev–Trinajstić information content (AvgIpc) is 3.47. The van der Waals surface area contributed by atoms with Gasteiger partial charge in [-0.3, -0.25) is 4.79 Å². The summed E-state index contributed by atoms with van der Waals surface area (Å²) in [6, 6.07) is 8.54. The molecule has 2 saturated carbocycles. The second kappa shape index (κ2) is 7.92. The second-order valence-electron chi connectivity index (χ2n) is 7.87. The van der Waals surface area contributed by atoms with Crippen LogP contribution in [0.4, 0.5) is 13.2 Å². The number of benzene rings is 1. The predicted octanol–water partition coefficient (Wildman–Crippen LogP) is 5.43. The van der Waals surface area contributed by atoms with Crippen molar-refractivity contribution < 1.29 is 18.0 Å². The number of nitrogens with zero attached hydrogens (tertiary/aromatic N) is 2. The van der Waals surface area contributed by atoms with Crippen molar-refractivity contribution >= 4 is 5.91 Å². The van der Waals surface area contributed by atoms with Crippen molar-refractivity contribution in [3.05, 3.63) is 35.4 Å². The zero-order valence-corrected chi connectivity index (χ0v) is 15.5. The fourth-order valence-electron chi connectivity index (χ4n) is 3.99. The van der Waals surface area contributed by atoms with Crippen LogP contribution in [0.25, 0.3) is 0 Å². The number of rotatable bonds is 5. The molecule has 0 saturated heterocycles. The largest absolute Gasteiger partial charge is 0.395 e. The summed E-state index contributed by atoms with van der Waals surface area (Å²) >= 11 is 0. The van der Waals surface area contributed by atoms with Gasteiger partial charge in [-0.05, 0) is 69.1 Å². The van der Waals surface area contributed by atoms with Crippen LogP contribution >= 0.6 is 0 Å². The van der Waals surface area contributed by atoms with Gasteiger partial charge in [0.05, 0.1) is 12.0 Å². The molecule has 1 atom stereocenters. The van der Waals surface area contributed by atoms with E-state index in [1.54, 1.807) is 0 Å². The highest BCUT2D eigenvalue weighted by atomic mass is 19.4. The molecule has 0 spiro atoms. The lowest BCUT2D eigenvalue weighted by molar-refractivity contribution is -0.146. The summed E-state index contributed by atoms with van der Waals surface area (Å²) in [5.74, 6) is -1.20. The fraction of sp³-hybridized carbons (Fsp3) is 0.619. The first kappa shape index (κ1) is 19.7. The molecule has 1 amide bonds. The molecule has 0 radical (unpaired) electrons. The predicted molar refractivity (Wildman–Crippen MR) is 96.1 cm³/mol. The number of hydrogen-bond donors (Lipinski definition) is 0. The maximum absolute atomic E-state index is 13.1. The van der Waals surface area contributed by atoms with E-state index in [1.807, 2.05) is 4.90 Å². The van der Waals surface area contributed by atoms with Gasteiger partial charge < -0.3 is 4.90 Å². The average molecular weight is 378 g/mol. The molecule has 0 bridgehead atoms. The number of amides is 1. The van der Waals surface area contributed by atoms with Crippen LogP contribution in [-0.4, -0.2) is 29.1 Å². The molecule has 1 aromatic carbocycles. The summed E-state index contributed by atoms with van der Waals surface area (Å²) in [5, 5.41) is 8.86. The Bertz CT molecular complexity index is 696. The van der Waals surface area contributed by atoms with Crippen LogP contribution in [-0.2, 0) is 0 Å². The molecule has 6 heteroatoms. The molecule has 0 heterocycles. The smallest absolute Gasteiger partial charge is 0.333 e. The highest BCUT2D eigenvalue weighted by Crippen LogP contribution is 2.38. The molecule has 27 heavy (non-hydrogen) atoms. The molecule has 1 aromatic rings. The number of alkyl halides is 3. The van der Waals surface area contributed by atoms with Crippen LogP contribution in [0.5, 0.6) is 0 Å². The molecule has 0 aliphatic heterocycles. The van der Waals surface area contributed by atoms with Gasteiger partial charge in [0.2, 0.25) is 0 Å². The van der Waals surface area contributed by atoms with Crippen LogP contribution in [0.2, 0.25) is 0 Å². The van der Waals surface area contributed by atoms with Crippen LogP contribution in [0.15, 0.2) is 24.3 Å². The number of carbonyl (C=O) groups is 1. The van der Waals surface area contributed by atoms with Gasteiger partial charge in [-0.2, -0.15) is 18.4 Å². The van der Waals surface area contributed by atoms with E-state index in [2.05, 4.69) is 6.07 Å². The third-order valence-corrected chi connectivity index (χ3v) is 5.91. The fourth-order valence-corrected chi connectivity index (χ4v) is 3.99.